The molecule has 1 fully saturated rings. The fraction of sp³-hybridized carbons (Fsp3) is 0.923. The molecule has 2 atom stereocenters. The van der Waals surface area contributed by atoms with E-state index in [1.807, 2.05) is 0 Å². The highest BCUT2D eigenvalue weighted by Crippen LogP contribution is 2.15. The van der Waals surface area contributed by atoms with Gasteiger partial charge >= 0.3 is 5.97 Å². The van der Waals surface area contributed by atoms with Gasteiger partial charge in [-0.1, -0.05) is 13.8 Å². The standard InChI is InChI=1S/C13H25NO3/c1-10(2)9-12(13(15)16-3)14-7-6-11-5-4-8-17-11/h10-12,14H,4-9H2,1-3H3. The zero-order valence-corrected chi connectivity index (χ0v) is 11.2. The van der Waals surface area contributed by atoms with Crippen LogP contribution in [0.2, 0.25) is 0 Å². The molecule has 2 unspecified atom stereocenters. The van der Waals surface area contributed by atoms with Crippen molar-refractivity contribution in [1.29, 1.82) is 0 Å². The van der Waals surface area contributed by atoms with Gasteiger partial charge in [-0.3, -0.25) is 4.79 Å². The van der Waals surface area contributed by atoms with E-state index in [2.05, 4.69) is 19.2 Å². The van der Waals surface area contributed by atoms with Crippen LogP contribution in [0.25, 0.3) is 0 Å². The molecule has 0 bridgehead atoms. The topological polar surface area (TPSA) is 47.6 Å². The fourth-order valence-electron chi connectivity index (χ4n) is 2.17. The molecule has 0 aromatic heterocycles. The molecule has 0 saturated carbocycles. The van der Waals surface area contributed by atoms with Gasteiger partial charge in [0.25, 0.3) is 0 Å². The largest absolute Gasteiger partial charge is 0.468 e. The maximum atomic E-state index is 11.6. The van der Waals surface area contributed by atoms with Crippen LogP contribution in [0.3, 0.4) is 0 Å². The molecule has 4 heteroatoms. The Bertz CT molecular complexity index is 225. The molecule has 1 aliphatic heterocycles. The first kappa shape index (κ1) is 14.5. The van der Waals surface area contributed by atoms with Crippen LogP contribution >= 0.6 is 0 Å². The zero-order valence-electron chi connectivity index (χ0n) is 11.2. The average molecular weight is 243 g/mol. The van der Waals surface area contributed by atoms with E-state index >= 15 is 0 Å². The van der Waals surface area contributed by atoms with E-state index in [0.29, 0.717) is 12.0 Å². The highest BCUT2D eigenvalue weighted by Gasteiger charge is 2.21. The molecule has 17 heavy (non-hydrogen) atoms. The Labute approximate surface area is 104 Å². The van der Waals surface area contributed by atoms with E-state index in [1.54, 1.807) is 0 Å². The summed E-state index contributed by atoms with van der Waals surface area (Å²) in [6, 6.07) is -0.179. The van der Waals surface area contributed by atoms with Gasteiger partial charge in [0.15, 0.2) is 0 Å². The number of carbonyl (C=O) groups excluding carboxylic acids is 1. The number of rotatable bonds is 7. The molecule has 1 heterocycles. The molecule has 4 nitrogen and oxygen atoms in total. The average Bonchev–Trinajstić information content (AvgIpc) is 2.79. The molecular weight excluding hydrogens is 218 g/mol. The molecule has 1 saturated heterocycles. The summed E-state index contributed by atoms with van der Waals surface area (Å²) >= 11 is 0. The van der Waals surface area contributed by atoms with Crippen LogP contribution in [-0.4, -0.2) is 38.4 Å². The molecule has 0 aromatic rings. The van der Waals surface area contributed by atoms with Gasteiger partial charge in [-0.05, 0) is 38.1 Å². The summed E-state index contributed by atoms with van der Waals surface area (Å²) in [6.45, 7) is 5.92. The van der Waals surface area contributed by atoms with Gasteiger partial charge in [0.1, 0.15) is 6.04 Å². The summed E-state index contributed by atoms with van der Waals surface area (Å²) < 4.78 is 10.3. The molecule has 1 rings (SSSR count). The second kappa shape index (κ2) is 7.67. The highest BCUT2D eigenvalue weighted by atomic mass is 16.5. The molecule has 0 amide bonds. The molecular formula is C13H25NO3. The normalized spacial score (nSPS) is 21.8. The summed E-state index contributed by atoms with van der Waals surface area (Å²) in [7, 11) is 1.44. The number of ether oxygens (including phenoxy) is 2. The minimum atomic E-state index is -0.179. The van der Waals surface area contributed by atoms with Crippen molar-refractivity contribution in [2.75, 3.05) is 20.3 Å². The Morgan fingerprint density at radius 1 is 1.53 bits per heavy atom. The van der Waals surface area contributed by atoms with Crippen molar-refractivity contribution < 1.29 is 14.3 Å². The lowest BCUT2D eigenvalue weighted by Gasteiger charge is -2.19. The Morgan fingerprint density at radius 2 is 2.29 bits per heavy atom. The van der Waals surface area contributed by atoms with Crippen molar-refractivity contribution in [2.45, 2.75) is 51.7 Å². The SMILES string of the molecule is COC(=O)C(CC(C)C)NCCC1CCCO1. The molecule has 1 N–H and O–H groups in total. The van der Waals surface area contributed by atoms with Crippen molar-refractivity contribution in [3.05, 3.63) is 0 Å². The Hall–Kier alpha value is -0.610. The van der Waals surface area contributed by atoms with Crippen molar-refractivity contribution in [1.82, 2.24) is 5.32 Å². The smallest absolute Gasteiger partial charge is 0.322 e. The predicted octanol–water partition coefficient (Wildman–Crippen LogP) is 1.73. The minimum absolute atomic E-state index is 0.161. The van der Waals surface area contributed by atoms with E-state index < -0.39 is 0 Å². The maximum Gasteiger partial charge on any atom is 0.322 e. The second-order valence-electron chi connectivity index (χ2n) is 5.08. The quantitative estimate of drug-likeness (QED) is 0.692. The third-order valence-electron chi connectivity index (χ3n) is 3.07. The fourth-order valence-corrected chi connectivity index (χ4v) is 2.17. The van der Waals surface area contributed by atoms with Gasteiger partial charge in [-0.2, -0.15) is 0 Å². The first-order chi connectivity index (χ1) is 8.13. The first-order valence-corrected chi connectivity index (χ1v) is 6.56. The summed E-state index contributed by atoms with van der Waals surface area (Å²) in [5.41, 5.74) is 0. The molecule has 100 valence electrons. The van der Waals surface area contributed by atoms with Crippen molar-refractivity contribution in [2.24, 2.45) is 5.92 Å². The summed E-state index contributed by atoms with van der Waals surface area (Å²) in [4.78, 5) is 11.6. The van der Waals surface area contributed by atoms with E-state index in [1.165, 1.54) is 7.11 Å². The highest BCUT2D eigenvalue weighted by molar-refractivity contribution is 5.75. The second-order valence-corrected chi connectivity index (χ2v) is 5.08. The van der Waals surface area contributed by atoms with Crippen LogP contribution in [0.15, 0.2) is 0 Å². The molecule has 0 spiro atoms. The third kappa shape index (κ3) is 5.50. The number of hydrogen-bond acceptors (Lipinski definition) is 4. The number of hydrogen-bond donors (Lipinski definition) is 1. The number of nitrogens with one attached hydrogen (secondary N) is 1. The van der Waals surface area contributed by atoms with Crippen LogP contribution in [0, 0.1) is 5.92 Å². The molecule has 0 aliphatic carbocycles. The zero-order chi connectivity index (χ0) is 12.7. The van der Waals surface area contributed by atoms with Gasteiger partial charge in [0.05, 0.1) is 13.2 Å². The minimum Gasteiger partial charge on any atom is -0.468 e. The van der Waals surface area contributed by atoms with E-state index in [9.17, 15) is 4.79 Å². The van der Waals surface area contributed by atoms with E-state index in [-0.39, 0.29) is 12.0 Å². The Balaban J connectivity index is 2.24. The van der Waals surface area contributed by atoms with Gasteiger partial charge in [0, 0.05) is 6.61 Å². The van der Waals surface area contributed by atoms with Crippen molar-refractivity contribution in [3.8, 4) is 0 Å². The molecule has 1 aliphatic rings. The number of esters is 1. The summed E-state index contributed by atoms with van der Waals surface area (Å²) in [6.07, 6.45) is 4.48. The maximum absolute atomic E-state index is 11.6. The van der Waals surface area contributed by atoms with Crippen LogP contribution < -0.4 is 5.32 Å². The van der Waals surface area contributed by atoms with Gasteiger partial charge in [-0.15, -0.1) is 0 Å². The Morgan fingerprint density at radius 3 is 2.82 bits per heavy atom. The van der Waals surface area contributed by atoms with Gasteiger partial charge in [-0.25, -0.2) is 0 Å². The number of methoxy groups -OCH3 is 1. The van der Waals surface area contributed by atoms with Gasteiger partial charge < -0.3 is 14.8 Å². The summed E-state index contributed by atoms with van der Waals surface area (Å²) in [5.74, 6) is 0.320. The number of carbonyl (C=O) groups is 1. The first-order valence-electron chi connectivity index (χ1n) is 6.56. The van der Waals surface area contributed by atoms with Crippen LogP contribution in [0.4, 0.5) is 0 Å². The van der Waals surface area contributed by atoms with E-state index in [0.717, 1.165) is 38.8 Å². The van der Waals surface area contributed by atoms with Crippen molar-refractivity contribution in [3.63, 3.8) is 0 Å². The lowest BCUT2D eigenvalue weighted by Crippen LogP contribution is -2.40. The van der Waals surface area contributed by atoms with E-state index in [4.69, 9.17) is 9.47 Å². The lowest BCUT2D eigenvalue weighted by molar-refractivity contribution is -0.143. The Kier molecular flexibility index (Phi) is 6.52. The van der Waals surface area contributed by atoms with Crippen LogP contribution in [-0.2, 0) is 14.3 Å². The van der Waals surface area contributed by atoms with Crippen LogP contribution in [0.5, 0.6) is 0 Å². The predicted molar refractivity (Wildman–Crippen MR) is 66.9 cm³/mol. The molecule has 0 radical (unpaired) electrons. The van der Waals surface area contributed by atoms with Gasteiger partial charge in [0.2, 0.25) is 0 Å². The van der Waals surface area contributed by atoms with Crippen molar-refractivity contribution >= 4 is 5.97 Å². The third-order valence-corrected chi connectivity index (χ3v) is 3.07. The van der Waals surface area contributed by atoms with Crippen LogP contribution in [0.1, 0.15) is 39.5 Å². The summed E-state index contributed by atoms with van der Waals surface area (Å²) in [5, 5.41) is 3.27. The monoisotopic (exact) mass is 243 g/mol. The molecule has 0 aromatic carbocycles. The lowest BCUT2D eigenvalue weighted by atomic mass is 10.0.